The Balaban J connectivity index is 0.000000479. The summed E-state index contributed by atoms with van der Waals surface area (Å²) in [6.07, 6.45) is -0.581. The van der Waals surface area contributed by atoms with Crippen molar-refractivity contribution in [3.05, 3.63) is 82.8 Å². The summed E-state index contributed by atoms with van der Waals surface area (Å²) in [7, 11) is 0. The van der Waals surface area contributed by atoms with Crippen LogP contribution in [0.2, 0.25) is 0 Å². The lowest BCUT2D eigenvalue weighted by molar-refractivity contribution is -0.192. The van der Waals surface area contributed by atoms with Crippen molar-refractivity contribution < 1.29 is 27.8 Å². The average molecular weight is 597 g/mol. The Hall–Kier alpha value is -2.49. The molecule has 1 heterocycles. The summed E-state index contributed by atoms with van der Waals surface area (Å²) in [5.41, 5.74) is 3.85. The Morgan fingerprint density at radius 1 is 1.00 bits per heavy atom. The number of piperidine rings is 1. The maximum atomic E-state index is 10.6. The molecule has 0 bridgehead atoms. The molecular formula is C28H29BrF3NO3S. The SMILES string of the molecule is CSc1ccc(-c2ccc(OCC3CCN(Cc4ccccc4Br)CC3)cc2)cc1.O=C(O)C(F)(F)F. The van der Waals surface area contributed by atoms with Gasteiger partial charge in [0.15, 0.2) is 0 Å². The zero-order valence-corrected chi connectivity index (χ0v) is 22.8. The minimum atomic E-state index is -5.08. The van der Waals surface area contributed by atoms with Crippen molar-refractivity contribution in [3.63, 3.8) is 0 Å². The molecule has 198 valence electrons. The number of thioether (sulfide) groups is 1. The van der Waals surface area contributed by atoms with E-state index in [1.165, 1.54) is 38.9 Å². The smallest absolute Gasteiger partial charge is 0.490 e. The Labute approximate surface area is 228 Å². The molecule has 1 fully saturated rings. The lowest BCUT2D eigenvalue weighted by atomic mass is 9.97. The number of alkyl halides is 3. The quantitative estimate of drug-likeness (QED) is 0.283. The van der Waals surface area contributed by atoms with Crippen LogP contribution in [0.15, 0.2) is 82.2 Å². The van der Waals surface area contributed by atoms with Crippen LogP contribution >= 0.6 is 27.7 Å². The first-order chi connectivity index (χ1) is 17.7. The minimum Gasteiger partial charge on any atom is -0.493 e. The molecule has 0 amide bonds. The van der Waals surface area contributed by atoms with Gasteiger partial charge in [0.2, 0.25) is 0 Å². The van der Waals surface area contributed by atoms with Gasteiger partial charge < -0.3 is 9.84 Å². The zero-order chi connectivity index (χ0) is 26.8. The number of carbonyl (C=O) groups is 1. The van der Waals surface area contributed by atoms with Crippen LogP contribution in [0.25, 0.3) is 11.1 Å². The van der Waals surface area contributed by atoms with Gasteiger partial charge in [-0.25, -0.2) is 4.79 Å². The largest absolute Gasteiger partial charge is 0.493 e. The highest BCUT2D eigenvalue weighted by Crippen LogP contribution is 2.27. The molecule has 37 heavy (non-hydrogen) atoms. The third-order valence-corrected chi connectivity index (χ3v) is 7.58. The van der Waals surface area contributed by atoms with E-state index in [0.717, 1.165) is 32.0 Å². The van der Waals surface area contributed by atoms with Crippen LogP contribution in [0.4, 0.5) is 13.2 Å². The summed E-state index contributed by atoms with van der Waals surface area (Å²) in [6.45, 7) is 4.11. The van der Waals surface area contributed by atoms with Gasteiger partial charge >= 0.3 is 12.1 Å². The van der Waals surface area contributed by atoms with Gasteiger partial charge in [0.05, 0.1) is 6.61 Å². The molecule has 3 aromatic rings. The lowest BCUT2D eigenvalue weighted by Gasteiger charge is -2.32. The highest BCUT2D eigenvalue weighted by Gasteiger charge is 2.38. The van der Waals surface area contributed by atoms with E-state index in [9.17, 15) is 13.2 Å². The number of hydrogen-bond donors (Lipinski definition) is 1. The third kappa shape index (κ3) is 9.39. The van der Waals surface area contributed by atoms with Crippen LogP contribution in [0.1, 0.15) is 18.4 Å². The van der Waals surface area contributed by atoms with Crippen molar-refractivity contribution in [1.29, 1.82) is 0 Å². The predicted octanol–water partition coefficient (Wildman–Crippen LogP) is 7.76. The Kier molecular flexibility index (Phi) is 10.9. The normalized spacial score (nSPS) is 14.5. The predicted molar refractivity (Wildman–Crippen MR) is 145 cm³/mol. The van der Waals surface area contributed by atoms with Crippen molar-refractivity contribution in [1.82, 2.24) is 4.90 Å². The third-order valence-electron chi connectivity index (χ3n) is 6.06. The first kappa shape index (κ1) is 29.1. The second-order valence-electron chi connectivity index (χ2n) is 8.68. The molecule has 1 N–H and O–H groups in total. The summed E-state index contributed by atoms with van der Waals surface area (Å²) in [5.74, 6) is -1.15. The number of carboxylic acid groups (broad SMARTS) is 1. The molecule has 0 unspecified atom stereocenters. The maximum absolute atomic E-state index is 10.6. The van der Waals surface area contributed by atoms with Crippen LogP contribution in [0.5, 0.6) is 5.75 Å². The molecule has 1 aliphatic heterocycles. The van der Waals surface area contributed by atoms with Gasteiger partial charge in [0.1, 0.15) is 5.75 Å². The van der Waals surface area contributed by atoms with Gasteiger partial charge in [0, 0.05) is 15.9 Å². The Morgan fingerprint density at radius 2 is 1.54 bits per heavy atom. The molecule has 0 aliphatic carbocycles. The molecule has 0 atom stereocenters. The fourth-order valence-electron chi connectivity index (χ4n) is 3.92. The van der Waals surface area contributed by atoms with Gasteiger partial charge in [-0.2, -0.15) is 13.2 Å². The second kappa shape index (κ2) is 13.9. The number of benzene rings is 3. The number of nitrogens with zero attached hydrogens (tertiary/aromatic N) is 1. The van der Waals surface area contributed by atoms with E-state index in [1.807, 2.05) is 0 Å². The molecule has 0 saturated carbocycles. The van der Waals surface area contributed by atoms with E-state index in [-0.39, 0.29) is 0 Å². The molecule has 0 radical (unpaired) electrons. The van der Waals surface area contributed by atoms with Crippen molar-refractivity contribution in [3.8, 4) is 16.9 Å². The topological polar surface area (TPSA) is 49.8 Å². The second-order valence-corrected chi connectivity index (χ2v) is 10.4. The molecule has 0 aromatic heterocycles. The van der Waals surface area contributed by atoms with E-state index in [4.69, 9.17) is 14.6 Å². The van der Waals surface area contributed by atoms with Gasteiger partial charge in [-0.3, -0.25) is 4.90 Å². The van der Waals surface area contributed by atoms with Crippen LogP contribution in [0, 0.1) is 5.92 Å². The van der Waals surface area contributed by atoms with Crippen LogP contribution in [-0.4, -0.2) is 48.1 Å². The number of halogens is 4. The molecule has 0 spiro atoms. The highest BCUT2D eigenvalue weighted by atomic mass is 79.9. The minimum absolute atomic E-state index is 0.638. The summed E-state index contributed by atoms with van der Waals surface area (Å²) in [5, 5.41) is 7.12. The monoisotopic (exact) mass is 595 g/mol. The van der Waals surface area contributed by atoms with Crippen molar-refractivity contribution >= 4 is 33.7 Å². The number of likely N-dealkylation sites (tertiary alicyclic amines) is 1. The van der Waals surface area contributed by atoms with Crippen molar-refractivity contribution in [2.75, 3.05) is 26.0 Å². The standard InChI is InChI=1S/C26H28BrNOS.C2HF3O2/c1-30-25-12-8-22(9-13-25)21-6-10-24(11-7-21)29-19-20-14-16-28(17-15-20)18-23-4-2-3-5-26(23)27;3-2(4,5)1(6)7/h2-13,20H,14-19H2,1H3;(H,6,7). The number of ether oxygens (including phenoxy) is 1. The van der Waals surface area contributed by atoms with E-state index >= 15 is 0 Å². The maximum Gasteiger partial charge on any atom is 0.490 e. The number of carboxylic acids is 1. The molecular weight excluding hydrogens is 567 g/mol. The Bertz CT molecular complexity index is 1130. The molecule has 1 saturated heterocycles. The first-order valence-corrected chi connectivity index (χ1v) is 13.8. The summed E-state index contributed by atoms with van der Waals surface area (Å²) in [6, 6.07) is 25.7. The zero-order valence-electron chi connectivity index (χ0n) is 20.4. The van der Waals surface area contributed by atoms with E-state index in [0.29, 0.717) is 5.92 Å². The van der Waals surface area contributed by atoms with Gasteiger partial charge in [-0.05, 0) is 85.1 Å². The van der Waals surface area contributed by atoms with E-state index in [1.54, 1.807) is 11.8 Å². The highest BCUT2D eigenvalue weighted by molar-refractivity contribution is 9.10. The van der Waals surface area contributed by atoms with Crippen LogP contribution < -0.4 is 4.74 Å². The summed E-state index contributed by atoms with van der Waals surface area (Å²) < 4.78 is 39.1. The van der Waals surface area contributed by atoms with Gasteiger partial charge in [0.25, 0.3) is 0 Å². The molecule has 1 aliphatic rings. The number of aliphatic carboxylic acids is 1. The molecule has 9 heteroatoms. The molecule has 3 aromatic carbocycles. The Morgan fingerprint density at radius 3 is 2.05 bits per heavy atom. The summed E-state index contributed by atoms with van der Waals surface area (Å²) >= 11 is 5.44. The number of rotatable bonds is 7. The fourth-order valence-corrected chi connectivity index (χ4v) is 4.74. The summed E-state index contributed by atoms with van der Waals surface area (Å²) in [4.78, 5) is 12.7. The lowest BCUT2D eigenvalue weighted by Crippen LogP contribution is -2.35. The average Bonchev–Trinajstić information content (AvgIpc) is 2.90. The van der Waals surface area contributed by atoms with E-state index < -0.39 is 12.1 Å². The van der Waals surface area contributed by atoms with Crippen molar-refractivity contribution in [2.45, 2.75) is 30.5 Å². The van der Waals surface area contributed by atoms with Crippen LogP contribution in [0.3, 0.4) is 0 Å². The van der Waals surface area contributed by atoms with Gasteiger partial charge in [-0.1, -0.05) is 58.4 Å². The van der Waals surface area contributed by atoms with Crippen LogP contribution in [-0.2, 0) is 11.3 Å². The molecule has 4 rings (SSSR count). The number of hydrogen-bond acceptors (Lipinski definition) is 4. The van der Waals surface area contributed by atoms with E-state index in [2.05, 4.69) is 99.9 Å². The van der Waals surface area contributed by atoms with Gasteiger partial charge in [-0.15, -0.1) is 11.8 Å². The molecule has 4 nitrogen and oxygen atoms in total. The fraction of sp³-hybridized carbons (Fsp3) is 0.321. The van der Waals surface area contributed by atoms with Crippen molar-refractivity contribution in [2.24, 2.45) is 5.92 Å². The first-order valence-electron chi connectivity index (χ1n) is 11.8.